The van der Waals surface area contributed by atoms with Crippen LogP contribution in [0.2, 0.25) is 0 Å². The first-order valence-electron chi connectivity index (χ1n) is 3.75. The fraction of sp³-hybridized carbons (Fsp3) is 0.143. The van der Waals surface area contributed by atoms with Gasteiger partial charge in [0.2, 0.25) is 10.4 Å². The second-order valence-electron chi connectivity index (χ2n) is 2.57. The zero-order valence-corrected chi connectivity index (χ0v) is 9.24. The number of halogens is 4. The fourth-order valence-electron chi connectivity index (χ4n) is 0.872. The van der Waals surface area contributed by atoms with Crippen LogP contribution in [0, 0.1) is 21.4 Å². The Hall–Kier alpha value is -1.89. The SMILES string of the molecule is N#Cc1cc(OC(F)(F)F)c([N+](=O)[O-])nc1Br. The third kappa shape index (κ3) is 3.28. The first-order valence-corrected chi connectivity index (χ1v) is 4.54. The number of alkyl halides is 3. The number of aromatic nitrogens is 1. The van der Waals surface area contributed by atoms with Crippen LogP contribution >= 0.6 is 15.9 Å². The average molecular weight is 312 g/mol. The maximum Gasteiger partial charge on any atom is 0.573 e. The third-order valence-corrected chi connectivity index (χ3v) is 2.05. The summed E-state index contributed by atoms with van der Waals surface area (Å²) in [6, 6.07) is 2.09. The zero-order valence-electron chi connectivity index (χ0n) is 7.66. The van der Waals surface area contributed by atoms with Crippen LogP contribution in [0.4, 0.5) is 19.0 Å². The van der Waals surface area contributed by atoms with Crippen molar-refractivity contribution >= 4 is 21.7 Å². The molecule has 1 rings (SSSR count). The summed E-state index contributed by atoms with van der Waals surface area (Å²) in [5.41, 5.74) is -0.310. The van der Waals surface area contributed by atoms with Crippen LogP contribution in [0.25, 0.3) is 0 Å². The number of nitro groups is 1. The van der Waals surface area contributed by atoms with Crippen molar-refractivity contribution < 1.29 is 22.8 Å². The molecule has 0 aromatic carbocycles. The van der Waals surface area contributed by atoms with Gasteiger partial charge in [0, 0.05) is 22.0 Å². The molecule has 0 aliphatic heterocycles. The van der Waals surface area contributed by atoms with Crippen molar-refractivity contribution in [2.75, 3.05) is 0 Å². The summed E-state index contributed by atoms with van der Waals surface area (Å²) in [6.45, 7) is 0. The van der Waals surface area contributed by atoms with E-state index in [9.17, 15) is 23.3 Å². The van der Waals surface area contributed by atoms with Crippen LogP contribution in [0.1, 0.15) is 5.56 Å². The highest BCUT2D eigenvalue weighted by molar-refractivity contribution is 9.10. The van der Waals surface area contributed by atoms with Gasteiger partial charge in [-0.2, -0.15) is 5.26 Å². The van der Waals surface area contributed by atoms with Gasteiger partial charge in [0.15, 0.2) is 0 Å². The van der Waals surface area contributed by atoms with Gasteiger partial charge in [0.25, 0.3) is 0 Å². The molecule has 17 heavy (non-hydrogen) atoms. The Labute approximate surface area is 99.9 Å². The lowest BCUT2D eigenvalue weighted by atomic mass is 10.3. The van der Waals surface area contributed by atoms with Crippen molar-refractivity contribution in [1.29, 1.82) is 5.26 Å². The van der Waals surface area contributed by atoms with Crippen LogP contribution in [0.3, 0.4) is 0 Å². The minimum Gasteiger partial charge on any atom is -0.397 e. The van der Waals surface area contributed by atoms with E-state index in [4.69, 9.17) is 5.26 Å². The molecule has 0 fully saturated rings. The molecule has 0 spiro atoms. The first kappa shape index (κ1) is 13.2. The topological polar surface area (TPSA) is 89.0 Å². The maximum absolute atomic E-state index is 12.0. The molecule has 1 heterocycles. The Bertz CT molecular complexity index is 512. The molecule has 0 unspecified atom stereocenters. The monoisotopic (exact) mass is 311 g/mol. The number of ether oxygens (including phenoxy) is 1. The summed E-state index contributed by atoms with van der Waals surface area (Å²) in [4.78, 5) is 12.5. The fourth-order valence-corrected chi connectivity index (χ4v) is 1.24. The lowest BCUT2D eigenvalue weighted by molar-refractivity contribution is -0.393. The molecule has 0 aliphatic rings. The number of nitriles is 1. The lowest BCUT2D eigenvalue weighted by Gasteiger charge is -2.08. The molecule has 0 saturated carbocycles. The number of pyridine rings is 1. The Balaban J connectivity index is 3.35. The lowest BCUT2D eigenvalue weighted by Crippen LogP contribution is -2.18. The van der Waals surface area contributed by atoms with E-state index in [0.717, 1.165) is 0 Å². The average Bonchev–Trinajstić information content (AvgIpc) is 2.17. The number of hydrogen-bond acceptors (Lipinski definition) is 5. The van der Waals surface area contributed by atoms with Gasteiger partial charge in [-0.1, -0.05) is 0 Å². The number of nitrogens with zero attached hydrogens (tertiary/aromatic N) is 3. The Morgan fingerprint density at radius 1 is 1.59 bits per heavy atom. The molecule has 0 N–H and O–H groups in total. The van der Waals surface area contributed by atoms with E-state index in [1.54, 1.807) is 0 Å². The van der Waals surface area contributed by atoms with E-state index in [-0.39, 0.29) is 10.2 Å². The highest BCUT2D eigenvalue weighted by Gasteiger charge is 2.36. The molecule has 0 amide bonds. The summed E-state index contributed by atoms with van der Waals surface area (Å²) in [5, 5.41) is 19.0. The maximum atomic E-state index is 12.0. The molecule has 0 bridgehead atoms. The molecule has 90 valence electrons. The van der Waals surface area contributed by atoms with Crippen LogP contribution in [-0.2, 0) is 0 Å². The Morgan fingerprint density at radius 3 is 2.59 bits per heavy atom. The first-order chi connectivity index (χ1) is 7.74. The highest BCUT2D eigenvalue weighted by Crippen LogP contribution is 2.33. The van der Waals surface area contributed by atoms with Gasteiger partial charge in [-0.05, 0) is 9.91 Å². The van der Waals surface area contributed by atoms with Gasteiger partial charge >= 0.3 is 12.2 Å². The van der Waals surface area contributed by atoms with Crippen molar-refractivity contribution in [2.45, 2.75) is 6.36 Å². The molecular weight excluding hydrogens is 311 g/mol. The molecule has 0 atom stereocenters. The van der Waals surface area contributed by atoms with Crippen molar-refractivity contribution in [3.8, 4) is 11.8 Å². The second kappa shape index (κ2) is 4.54. The quantitative estimate of drug-likeness (QED) is 0.475. The predicted octanol–water partition coefficient (Wildman–Crippen LogP) is 2.52. The summed E-state index contributed by atoms with van der Waals surface area (Å²) < 4.78 is 39.0. The van der Waals surface area contributed by atoms with E-state index >= 15 is 0 Å². The predicted molar refractivity (Wildman–Crippen MR) is 50.0 cm³/mol. The summed E-state index contributed by atoms with van der Waals surface area (Å²) in [6.07, 6.45) is -5.10. The minimum absolute atomic E-state index is 0.235. The molecule has 1 aromatic rings. The minimum atomic E-state index is -5.10. The van der Waals surface area contributed by atoms with Crippen LogP contribution in [-0.4, -0.2) is 16.3 Å². The van der Waals surface area contributed by atoms with Crippen molar-refractivity contribution in [3.05, 3.63) is 26.3 Å². The molecule has 0 radical (unpaired) electrons. The summed E-state index contributed by atoms with van der Waals surface area (Å²) in [7, 11) is 0. The number of hydrogen-bond donors (Lipinski definition) is 0. The molecule has 10 heteroatoms. The van der Waals surface area contributed by atoms with E-state index in [1.807, 2.05) is 0 Å². The van der Waals surface area contributed by atoms with Crippen molar-refractivity contribution in [3.63, 3.8) is 0 Å². The van der Waals surface area contributed by atoms with Crippen LogP contribution in [0.15, 0.2) is 10.7 Å². The Kier molecular flexibility index (Phi) is 3.52. The Morgan fingerprint density at radius 2 is 2.18 bits per heavy atom. The van der Waals surface area contributed by atoms with E-state index in [1.165, 1.54) is 6.07 Å². The van der Waals surface area contributed by atoms with Gasteiger partial charge in [0.1, 0.15) is 11.6 Å². The van der Waals surface area contributed by atoms with E-state index < -0.39 is 22.9 Å². The largest absolute Gasteiger partial charge is 0.573 e. The van der Waals surface area contributed by atoms with Crippen molar-refractivity contribution in [2.24, 2.45) is 0 Å². The smallest absolute Gasteiger partial charge is 0.397 e. The number of rotatable bonds is 2. The standard InChI is InChI=1S/C7HBrF3N3O3/c8-5-3(2-12)1-4(17-7(9,10)11)6(13-5)14(15)16/h1H. The van der Waals surface area contributed by atoms with E-state index in [2.05, 4.69) is 25.7 Å². The van der Waals surface area contributed by atoms with Gasteiger partial charge in [0.05, 0.1) is 0 Å². The van der Waals surface area contributed by atoms with Crippen LogP contribution in [0.5, 0.6) is 5.75 Å². The highest BCUT2D eigenvalue weighted by atomic mass is 79.9. The molecule has 1 aromatic heterocycles. The molecule has 6 nitrogen and oxygen atoms in total. The second-order valence-corrected chi connectivity index (χ2v) is 3.32. The normalized spacial score (nSPS) is 10.8. The van der Waals surface area contributed by atoms with Gasteiger partial charge in [-0.25, -0.2) is 0 Å². The summed E-state index contributed by atoms with van der Waals surface area (Å²) in [5.74, 6) is -2.27. The van der Waals surface area contributed by atoms with Gasteiger partial charge < -0.3 is 14.9 Å². The molecular formula is C7HBrF3N3O3. The zero-order chi connectivity index (χ0) is 13.2. The third-order valence-electron chi connectivity index (χ3n) is 1.44. The van der Waals surface area contributed by atoms with Gasteiger partial charge in [-0.3, -0.25) is 0 Å². The molecule has 0 saturated heterocycles. The van der Waals surface area contributed by atoms with Gasteiger partial charge in [-0.15, -0.1) is 13.2 Å². The van der Waals surface area contributed by atoms with E-state index in [0.29, 0.717) is 6.07 Å². The molecule has 0 aliphatic carbocycles. The van der Waals surface area contributed by atoms with Crippen LogP contribution < -0.4 is 4.74 Å². The summed E-state index contributed by atoms with van der Waals surface area (Å²) >= 11 is 2.71. The van der Waals surface area contributed by atoms with Crippen molar-refractivity contribution in [1.82, 2.24) is 4.98 Å².